The first-order chi connectivity index (χ1) is 10.6. The molecule has 0 bridgehead atoms. The number of aromatic nitrogens is 1. The molecule has 1 aliphatic carbocycles. The zero-order chi connectivity index (χ0) is 15.7. The van der Waals surface area contributed by atoms with Gasteiger partial charge in [0.2, 0.25) is 0 Å². The third-order valence-corrected chi connectivity index (χ3v) is 5.31. The predicted octanol–water partition coefficient (Wildman–Crippen LogP) is 3.47. The molecule has 1 amide bonds. The van der Waals surface area contributed by atoms with Crippen molar-refractivity contribution in [2.45, 2.75) is 65.0 Å². The van der Waals surface area contributed by atoms with Gasteiger partial charge in [-0.2, -0.15) is 0 Å². The van der Waals surface area contributed by atoms with E-state index in [4.69, 9.17) is 0 Å². The molecule has 5 heteroatoms. The third kappa shape index (κ3) is 3.74. The molecule has 4 nitrogen and oxygen atoms in total. The Kier molecular flexibility index (Phi) is 6.15. The molecule has 2 heterocycles. The Bertz CT molecular complexity index is 549. The number of carbonyl (C=O) groups excluding carboxylic acids is 1. The highest BCUT2D eigenvalue weighted by Crippen LogP contribution is 2.32. The molecule has 1 aromatic heterocycles. The lowest BCUT2D eigenvalue weighted by atomic mass is 9.95. The fourth-order valence-corrected chi connectivity index (χ4v) is 4.18. The van der Waals surface area contributed by atoms with E-state index >= 15 is 0 Å². The van der Waals surface area contributed by atoms with Gasteiger partial charge in [0.05, 0.1) is 5.56 Å². The molecule has 0 aromatic carbocycles. The Labute approximate surface area is 146 Å². The second kappa shape index (κ2) is 7.71. The molecule has 3 rings (SSSR count). The SMILES string of the molecule is Cc1cc(C(=O)N2CCNC(C)C2)c(C)n1C1CCCCC1.Cl. The lowest BCUT2D eigenvalue weighted by molar-refractivity contribution is 0.0708. The number of amides is 1. The lowest BCUT2D eigenvalue weighted by Crippen LogP contribution is -2.51. The molecule has 1 unspecified atom stereocenters. The van der Waals surface area contributed by atoms with Gasteiger partial charge in [-0.15, -0.1) is 12.4 Å². The second-order valence-electron chi connectivity index (χ2n) is 7.05. The van der Waals surface area contributed by atoms with E-state index in [1.54, 1.807) is 0 Å². The maximum absolute atomic E-state index is 12.9. The lowest BCUT2D eigenvalue weighted by Gasteiger charge is -2.32. The Morgan fingerprint density at radius 3 is 2.57 bits per heavy atom. The zero-order valence-electron chi connectivity index (χ0n) is 14.6. The van der Waals surface area contributed by atoms with Crippen LogP contribution in [0.3, 0.4) is 0 Å². The van der Waals surface area contributed by atoms with Crippen LogP contribution in [0.25, 0.3) is 0 Å². The monoisotopic (exact) mass is 339 g/mol. The number of carbonyl (C=O) groups is 1. The van der Waals surface area contributed by atoms with Gasteiger partial charge in [0.15, 0.2) is 0 Å². The van der Waals surface area contributed by atoms with Crippen molar-refractivity contribution >= 4 is 18.3 Å². The van der Waals surface area contributed by atoms with E-state index in [0.717, 1.165) is 25.2 Å². The first-order valence-corrected chi connectivity index (χ1v) is 8.79. The average Bonchev–Trinajstić information content (AvgIpc) is 2.82. The smallest absolute Gasteiger partial charge is 0.255 e. The van der Waals surface area contributed by atoms with E-state index in [1.807, 2.05) is 4.90 Å². The van der Waals surface area contributed by atoms with Crippen LogP contribution in [0.15, 0.2) is 6.07 Å². The molecule has 2 aliphatic rings. The molecule has 2 fully saturated rings. The van der Waals surface area contributed by atoms with E-state index in [0.29, 0.717) is 12.1 Å². The van der Waals surface area contributed by atoms with Gasteiger partial charge < -0.3 is 14.8 Å². The molecule has 130 valence electrons. The summed E-state index contributed by atoms with van der Waals surface area (Å²) in [6.45, 7) is 8.94. The molecule has 0 radical (unpaired) electrons. The van der Waals surface area contributed by atoms with Crippen LogP contribution in [-0.2, 0) is 0 Å². The van der Waals surface area contributed by atoms with Crippen molar-refractivity contribution in [1.29, 1.82) is 0 Å². The van der Waals surface area contributed by atoms with Gasteiger partial charge in [-0.05, 0) is 39.7 Å². The van der Waals surface area contributed by atoms with Crippen LogP contribution in [0.1, 0.15) is 66.8 Å². The molecule has 1 saturated heterocycles. The minimum Gasteiger partial charge on any atom is -0.345 e. The van der Waals surface area contributed by atoms with Gasteiger partial charge in [0.25, 0.3) is 5.91 Å². The second-order valence-corrected chi connectivity index (χ2v) is 7.05. The molecule has 1 atom stereocenters. The maximum Gasteiger partial charge on any atom is 0.255 e. The van der Waals surface area contributed by atoms with Gasteiger partial charge in [-0.25, -0.2) is 0 Å². The summed E-state index contributed by atoms with van der Waals surface area (Å²) in [6, 6.07) is 3.09. The third-order valence-electron chi connectivity index (χ3n) is 5.31. The fourth-order valence-electron chi connectivity index (χ4n) is 4.18. The first kappa shape index (κ1) is 18.3. The standard InChI is InChI=1S/C18H29N3O.ClH/c1-13-12-20(10-9-19-13)18(22)17-11-14(2)21(15(17)3)16-7-5-4-6-8-16;/h11,13,16,19H,4-10,12H2,1-3H3;1H. The van der Waals surface area contributed by atoms with Crippen molar-refractivity contribution in [2.75, 3.05) is 19.6 Å². The topological polar surface area (TPSA) is 37.3 Å². The number of aryl methyl sites for hydroxylation is 1. The molecular weight excluding hydrogens is 310 g/mol. The average molecular weight is 340 g/mol. The largest absolute Gasteiger partial charge is 0.345 e. The summed E-state index contributed by atoms with van der Waals surface area (Å²) >= 11 is 0. The molecular formula is C18H30ClN3O. The van der Waals surface area contributed by atoms with Gasteiger partial charge in [0.1, 0.15) is 0 Å². The van der Waals surface area contributed by atoms with Crippen LogP contribution in [0.2, 0.25) is 0 Å². The predicted molar refractivity (Wildman–Crippen MR) is 96.6 cm³/mol. The summed E-state index contributed by atoms with van der Waals surface area (Å²) in [4.78, 5) is 14.9. The summed E-state index contributed by atoms with van der Waals surface area (Å²) in [5.74, 6) is 0.212. The van der Waals surface area contributed by atoms with Crippen LogP contribution < -0.4 is 5.32 Å². The van der Waals surface area contributed by atoms with Crippen LogP contribution in [0, 0.1) is 13.8 Å². The zero-order valence-corrected chi connectivity index (χ0v) is 15.4. The van der Waals surface area contributed by atoms with E-state index in [-0.39, 0.29) is 18.3 Å². The minimum atomic E-state index is 0. The van der Waals surface area contributed by atoms with Gasteiger partial charge in [0, 0.05) is 43.1 Å². The molecule has 1 aliphatic heterocycles. The van der Waals surface area contributed by atoms with Crippen molar-refractivity contribution < 1.29 is 4.79 Å². The van der Waals surface area contributed by atoms with Crippen LogP contribution in [0.4, 0.5) is 0 Å². The number of nitrogens with zero attached hydrogens (tertiary/aromatic N) is 2. The summed E-state index contributed by atoms with van der Waals surface area (Å²) in [5, 5.41) is 3.40. The van der Waals surface area contributed by atoms with Gasteiger partial charge in [-0.1, -0.05) is 19.3 Å². The molecule has 0 spiro atoms. The van der Waals surface area contributed by atoms with Crippen molar-refractivity contribution in [3.05, 3.63) is 23.0 Å². The number of hydrogen-bond acceptors (Lipinski definition) is 2. The van der Waals surface area contributed by atoms with E-state index in [1.165, 1.54) is 43.5 Å². The van der Waals surface area contributed by atoms with Crippen LogP contribution in [-0.4, -0.2) is 41.1 Å². The van der Waals surface area contributed by atoms with Crippen LogP contribution in [0.5, 0.6) is 0 Å². The molecule has 1 aromatic rings. The number of rotatable bonds is 2. The van der Waals surface area contributed by atoms with Crippen molar-refractivity contribution in [1.82, 2.24) is 14.8 Å². The minimum absolute atomic E-state index is 0. The molecule has 1 N–H and O–H groups in total. The van der Waals surface area contributed by atoms with Gasteiger partial charge in [-0.3, -0.25) is 4.79 Å². The van der Waals surface area contributed by atoms with E-state index in [2.05, 4.69) is 36.7 Å². The number of nitrogens with one attached hydrogen (secondary N) is 1. The van der Waals surface area contributed by atoms with Crippen molar-refractivity contribution in [2.24, 2.45) is 0 Å². The summed E-state index contributed by atoms with van der Waals surface area (Å²) in [5.41, 5.74) is 3.33. The van der Waals surface area contributed by atoms with Crippen LogP contribution >= 0.6 is 12.4 Å². The van der Waals surface area contributed by atoms with Crippen molar-refractivity contribution in [3.63, 3.8) is 0 Å². The van der Waals surface area contributed by atoms with Crippen molar-refractivity contribution in [3.8, 4) is 0 Å². The van der Waals surface area contributed by atoms with E-state index < -0.39 is 0 Å². The Morgan fingerprint density at radius 2 is 1.91 bits per heavy atom. The number of halogens is 1. The quantitative estimate of drug-likeness (QED) is 0.895. The fraction of sp³-hybridized carbons (Fsp3) is 0.722. The number of piperazine rings is 1. The normalized spacial score (nSPS) is 22.7. The Balaban J connectivity index is 0.00000192. The highest BCUT2D eigenvalue weighted by molar-refractivity contribution is 5.95. The number of hydrogen-bond donors (Lipinski definition) is 1. The van der Waals surface area contributed by atoms with E-state index in [9.17, 15) is 4.79 Å². The highest BCUT2D eigenvalue weighted by Gasteiger charge is 2.27. The summed E-state index contributed by atoms with van der Waals surface area (Å²) in [6.07, 6.45) is 6.52. The first-order valence-electron chi connectivity index (χ1n) is 8.79. The molecule has 23 heavy (non-hydrogen) atoms. The molecule has 1 saturated carbocycles. The Morgan fingerprint density at radius 1 is 1.22 bits per heavy atom. The summed E-state index contributed by atoms with van der Waals surface area (Å²) < 4.78 is 2.43. The maximum atomic E-state index is 12.9. The highest BCUT2D eigenvalue weighted by atomic mass is 35.5. The summed E-state index contributed by atoms with van der Waals surface area (Å²) in [7, 11) is 0. The van der Waals surface area contributed by atoms with Gasteiger partial charge >= 0.3 is 0 Å². The Hall–Kier alpha value is -1.000.